The molecule has 0 saturated heterocycles. The summed E-state index contributed by atoms with van der Waals surface area (Å²) in [5, 5.41) is 1.84. The number of rotatable bonds is 11. The van der Waals surface area contributed by atoms with Gasteiger partial charge in [-0.05, 0) is 114 Å². The van der Waals surface area contributed by atoms with Crippen molar-refractivity contribution in [3.05, 3.63) is 154 Å². The first-order valence-electron chi connectivity index (χ1n) is 17.1. The van der Waals surface area contributed by atoms with Crippen LogP contribution in [0.5, 0.6) is 23.0 Å². The van der Waals surface area contributed by atoms with Gasteiger partial charge in [-0.25, -0.2) is 25.3 Å². The van der Waals surface area contributed by atoms with E-state index in [2.05, 4.69) is 57.8 Å². The van der Waals surface area contributed by atoms with Crippen LogP contribution in [0.3, 0.4) is 0 Å². The summed E-state index contributed by atoms with van der Waals surface area (Å²) in [6, 6.07) is 22.3. The summed E-state index contributed by atoms with van der Waals surface area (Å²) in [7, 11) is 0.0893. The third-order valence-electron chi connectivity index (χ3n) is 7.76. The molecule has 0 aliphatic heterocycles. The molecule has 0 saturated carbocycles. The summed E-state index contributed by atoms with van der Waals surface area (Å²) in [4.78, 5) is 7.93. The molecule has 4 aromatic carbocycles. The SMILES string of the molecule is COc1cc(Cl)c(Br)cc1S(=O)(=O)Cc1cccnc1.COc1cc(Cl)c(Br)cc1S(=O)(=O)Cl.COc1cc(Cl)ccc1S(=O)(=O)Cc1cccnc1.COc1ccc(Br)c(Cl)c1. The molecule has 0 fully saturated rings. The number of methoxy groups -OCH3 is 4. The fourth-order valence-electron chi connectivity index (χ4n) is 4.84. The monoisotopic (exact) mass is 1210 g/mol. The van der Waals surface area contributed by atoms with Crippen molar-refractivity contribution in [3.63, 3.8) is 0 Å². The summed E-state index contributed by atoms with van der Waals surface area (Å²) in [6.07, 6.45) is 6.24. The minimum atomic E-state index is -3.83. The van der Waals surface area contributed by atoms with E-state index >= 15 is 0 Å². The molecule has 0 aliphatic rings. The highest BCUT2D eigenvalue weighted by Gasteiger charge is 2.23. The van der Waals surface area contributed by atoms with Crippen LogP contribution in [-0.2, 0) is 40.2 Å². The Morgan fingerprint density at radius 1 is 0.508 bits per heavy atom. The molecule has 338 valence electrons. The zero-order valence-corrected chi connectivity index (χ0v) is 44.0. The van der Waals surface area contributed by atoms with Crippen LogP contribution in [0.25, 0.3) is 0 Å². The van der Waals surface area contributed by atoms with Crippen molar-refractivity contribution < 1.29 is 44.2 Å². The molecule has 0 bridgehead atoms. The van der Waals surface area contributed by atoms with Crippen LogP contribution in [0, 0.1) is 0 Å². The lowest BCUT2D eigenvalue weighted by molar-refractivity contribution is 0.402. The summed E-state index contributed by atoms with van der Waals surface area (Å²) in [6.45, 7) is 0. The topological polar surface area (TPSA) is 165 Å². The Morgan fingerprint density at radius 2 is 0.952 bits per heavy atom. The lowest BCUT2D eigenvalue weighted by Gasteiger charge is -2.11. The predicted molar refractivity (Wildman–Crippen MR) is 258 cm³/mol. The molecule has 23 heteroatoms. The predicted octanol–water partition coefficient (Wildman–Crippen LogP) is 12.3. The van der Waals surface area contributed by atoms with Crippen molar-refractivity contribution in [1.29, 1.82) is 0 Å². The van der Waals surface area contributed by atoms with Crippen molar-refractivity contribution >= 4 is 134 Å². The summed E-state index contributed by atoms with van der Waals surface area (Å²) in [5.41, 5.74) is 1.24. The first-order chi connectivity index (χ1) is 29.6. The number of aromatic nitrogens is 2. The number of halogens is 8. The van der Waals surface area contributed by atoms with Crippen LogP contribution < -0.4 is 18.9 Å². The first-order valence-corrected chi connectivity index (χ1v) is 26.6. The zero-order chi connectivity index (χ0) is 47.1. The van der Waals surface area contributed by atoms with Gasteiger partial charge in [-0.15, -0.1) is 0 Å². The lowest BCUT2D eigenvalue weighted by atomic mass is 10.3. The van der Waals surface area contributed by atoms with Crippen LogP contribution in [0.1, 0.15) is 11.1 Å². The van der Waals surface area contributed by atoms with E-state index in [9.17, 15) is 25.3 Å². The summed E-state index contributed by atoms with van der Waals surface area (Å²) < 4.78 is 93.6. The average Bonchev–Trinajstić information content (AvgIpc) is 3.24. The van der Waals surface area contributed by atoms with Crippen LogP contribution in [0.15, 0.2) is 138 Å². The Bertz CT molecular complexity index is 2840. The van der Waals surface area contributed by atoms with Crippen molar-refractivity contribution in [2.75, 3.05) is 28.4 Å². The van der Waals surface area contributed by atoms with Gasteiger partial charge >= 0.3 is 0 Å². The summed E-state index contributed by atoms with van der Waals surface area (Å²) >= 11 is 32.9. The highest BCUT2D eigenvalue weighted by molar-refractivity contribution is 9.11. The number of hydrogen-bond acceptors (Lipinski definition) is 12. The van der Waals surface area contributed by atoms with E-state index in [4.69, 9.17) is 76.0 Å². The molecule has 0 amide bonds. The van der Waals surface area contributed by atoms with Gasteiger partial charge in [0, 0.05) is 72.1 Å². The fraction of sp³-hybridized carbons (Fsp3) is 0.150. The van der Waals surface area contributed by atoms with E-state index in [0.29, 0.717) is 40.2 Å². The molecular weight excluding hydrogens is 1180 g/mol. The van der Waals surface area contributed by atoms with Crippen molar-refractivity contribution in [2.45, 2.75) is 26.2 Å². The van der Waals surface area contributed by atoms with Gasteiger partial charge in [0.2, 0.25) is 0 Å². The Balaban J connectivity index is 0.000000230. The molecular formula is C40H34Br3Cl5N2O10S3. The normalized spacial score (nSPS) is 11.0. The van der Waals surface area contributed by atoms with Gasteiger partial charge < -0.3 is 18.9 Å². The van der Waals surface area contributed by atoms with Crippen LogP contribution in [-0.4, -0.2) is 63.7 Å². The van der Waals surface area contributed by atoms with Crippen LogP contribution in [0.4, 0.5) is 0 Å². The molecule has 0 radical (unpaired) electrons. The Morgan fingerprint density at radius 3 is 1.38 bits per heavy atom. The second kappa shape index (κ2) is 25.1. The lowest BCUT2D eigenvalue weighted by Crippen LogP contribution is -2.07. The number of nitrogens with zero attached hydrogens (tertiary/aromatic N) is 2. The minimum absolute atomic E-state index is 0.0973. The van der Waals surface area contributed by atoms with Gasteiger partial charge in [-0.2, -0.15) is 0 Å². The molecule has 2 heterocycles. The second-order valence-corrected chi connectivity index (χ2v) is 22.8. The largest absolute Gasteiger partial charge is 0.497 e. The van der Waals surface area contributed by atoms with Gasteiger partial charge in [0.05, 0.1) is 55.0 Å². The zero-order valence-electron chi connectivity index (χ0n) is 33.0. The second-order valence-electron chi connectivity index (χ2n) is 12.1. The highest BCUT2D eigenvalue weighted by Crippen LogP contribution is 2.36. The van der Waals surface area contributed by atoms with E-state index in [1.54, 1.807) is 49.8 Å². The fourth-order valence-corrected chi connectivity index (χ4v) is 10.7. The van der Waals surface area contributed by atoms with Gasteiger partial charge in [-0.1, -0.05) is 58.5 Å². The van der Waals surface area contributed by atoms with Crippen molar-refractivity contribution in [3.8, 4) is 23.0 Å². The molecule has 0 unspecified atom stereocenters. The average molecular weight is 1220 g/mol. The molecule has 0 N–H and O–H groups in total. The molecule has 2 aromatic heterocycles. The van der Waals surface area contributed by atoms with Gasteiger partial charge in [0.1, 0.15) is 37.7 Å². The third-order valence-corrected chi connectivity index (χ3v) is 16.4. The van der Waals surface area contributed by atoms with E-state index < -0.39 is 28.7 Å². The maximum atomic E-state index is 12.5. The molecule has 0 aliphatic carbocycles. The molecule has 63 heavy (non-hydrogen) atoms. The number of pyridine rings is 2. The summed E-state index contributed by atoms with van der Waals surface area (Å²) in [5.74, 6) is 1.09. The quantitative estimate of drug-likeness (QED) is 0.113. The molecule has 0 atom stereocenters. The minimum Gasteiger partial charge on any atom is -0.497 e. The smallest absolute Gasteiger partial charge is 0.265 e. The molecule has 6 rings (SSSR count). The van der Waals surface area contributed by atoms with Crippen LogP contribution >= 0.6 is 105 Å². The maximum Gasteiger partial charge on any atom is 0.265 e. The number of sulfone groups is 2. The third kappa shape index (κ3) is 16.8. The van der Waals surface area contributed by atoms with Crippen LogP contribution in [0.2, 0.25) is 20.1 Å². The number of ether oxygens (including phenoxy) is 4. The highest BCUT2D eigenvalue weighted by atomic mass is 79.9. The molecule has 12 nitrogen and oxygen atoms in total. The van der Waals surface area contributed by atoms with Gasteiger partial charge in [-0.3, -0.25) is 9.97 Å². The van der Waals surface area contributed by atoms with Crippen molar-refractivity contribution in [1.82, 2.24) is 9.97 Å². The van der Waals surface area contributed by atoms with E-state index in [1.165, 1.54) is 76.2 Å². The standard InChI is InChI=1S/C13H11BrClNO3S.C13H12ClNO3S.C7H5BrCl2O3S.C7H6BrClO/c1-19-12-6-11(15)10(14)5-13(12)20(17,18)8-9-3-2-4-16-7-9;1-18-12-7-11(14)4-5-13(12)19(16,17)9-10-3-2-6-15-8-10;1-13-6-3-5(9)4(8)2-7(6)14(10,11)12;1-10-5-2-3-6(8)7(9)4-5/h2-7H,8H2,1H3;2-8H,9H2,1H3;2-3H,1H3;2-4H,1H3. The molecule has 6 aromatic rings. The Labute approximate surface area is 415 Å². The van der Waals surface area contributed by atoms with E-state index in [-0.39, 0.29) is 43.4 Å². The van der Waals surface area contributed by atoms with E-state index in [1.807, 2.05) is 12.1 Å². The van der Waals surface area contributed by atoms with Gasteiger partial charge in [0.15, 0.2) is 19.7 Å². The van der Waals surface area contributed by atoms with Gasteiger partial charge in [0.25, 0.3) is 9.05 Å². The Hall–Kier alpha value is -2.88. The Kier molecular flexibility index (Phi) is 21.7. The number of benzene rings is 4. The maximum absolute atomic E-state index is 12.5. The number of hydrogen-bond donors (Lipinski definition) is 0. The van der Waals surface area contributed by atoms with Crippen molar-refractivity contribution in [2.24, 2.45) is 0 Å². The first kappa shape index (κ1) is 54.5. The van der Waals surface area contributed by atoms with E-state index in [0.717, 1.165) is 10.2 Å². The molecule has 0 spiro atoms.